The van der Waals surface area contributed by atoms with Crippen LogP contribution in [0.5, 0.6) is 5.75 Å². The van der Waals surface area contributed by atoms with Gasteiger partial charge in [-0.25, -0.2) is 0 Å². The third-order valence-corrected chi connectivity index (χ3v) is 2.97. The van der Waals surface area contributed by atoms with E-state index in [4.69, 9.17) is 9.47 Å². The lowest BCUT2D eigenvalue weighted by molar-refractivity contribution is -0.160. The minimum absolute atomic E-state index is 0.0604. The van der Waals surface area contributed by atoms with Gasteiger partial charge in [0.05, 0.1) is 18.5 Å². The fraction of sp³-hybridized carbons (Fsp3) is 0.750. The van der Waals surface area contributed by atoms with Crippen LogP contribution in [0.3, 0.4) is 0 Å². The first kappa shape index (κ1) is 12.4. The van der Waals surface area contributed by atoms with Crippen LogP contribution >= 0.6 is 0 Å². The predicted octanol–water partition coefficient (Wildman–Crippen LogP) is 1.38. The summed E-state index contributed by atoms with van der Waals surface area (Å²) in [6.07, 6.45) is 3.53. The average molecular weight is 240 g/mol. The van der Waals surface area contributed by atoms with Crippen molar-refractivity contribution >= 4 is 0 Å². The van der Waals surface area contributed by atoms with Crippen LogP contribution in [0, 0.1) is 0 Å². The molecule has 1 aliphatic rings. The van der Waals surface area contributed by atoms with Crippen LogP contribution in [0.1, 0.15) is 33.2 Å². The van der Waals surface area contributed by atoms with Gasteiger partial charge in [0.1, 0.15) is 12.2 Å². The molecular weight excluding hydrogens is 220 g/mol. The molecule has 1 aliphatic carbocycles. The van der Waals surface area contributed by atoms with Gasteiger partial charge in [-0.15, -0.1) is 0 Å². The van der Waals surface area contributed by atoms with E-state index in [-0.39, 0.29) is 12.2 Å². The number of nitrogens with zero attached hydrogens (tertiary/aromatic N) is 2. The highest BCUT2D eigenvalue weighted by atomic mass is 16.6. The Kier molecular flexibility index (Phi) is 3.69. The smallest absolute Gasteiger partial charge is 0.157 e. The maximum atomic E-state index is 9.55. The monoisotopic (exact) mass is 240 g/mol. The first-order chi connectivity index (χ1) is 8.11. The molecule has 0 amide bonds. The summed E-state index contributed by atoms with van der Waals surface area (Å²) in [4.78, 5) is 0. The van der Waals surface area contributed by atoms with Crippen LogP contribution in [-0.4, -0.2) is 39.8 Å². The quantitative estimate of drug-likeness (QED) is 0.844. The normalized spacial score (nSPS) is 28.2. The zero-order valence-electron chi connectivity index (χ0n) is 10.5. The second-order valence-corrected chi connectivity index (χ2v) is 4.63. The van der Waals surface area contributed by atoms with Crippen molar-refractivity contribution < 1.29 is 14.6 Å². The number of aromatic nitrogens is 2. The summed E-state index contributed by atoms with van der Waals surface area (Å²) in [7, 11) is 0. The summed E-state index contributed by atoms with van der Waals surface area (Å²) in [5.74, 6) is 0.736. The van der Waals surface area contributed by atoms with Gasteiger partial charge in [-0.1, -0.05) is 0 Å². The molecule has 1 aromatic rings. The zero-order chi connectivity index (χ0) is 12.4. The molecule has 1 heterocycles. The Morgan fingerprint density at radius 2 is 2.35 bits per heavy atom. The molecule has 2 rings (SSSR count). The summed E-state index contributed by atoms with van der Waals surface area (Å²) in [6, 6.07) is 0.321. The van der Waals surface area contributed by atoms with Crippen LogP contribution in [-0.2, 0) is 4.74 Å². The Labute approximate surface area is 101 Å². The maximum absolute atomic E-state index is 9.55. The first-order valence-corrected chi connectivity index (χ1v) is 6.12. The van der Waals surface area contributed by atoms with Crippen LogP contribution in [0.2, 0.25) is 0 Å². The molecule has 0 bridgehead atoms. The van der Waals surface area contributed by atoms with Crippen molar-refractivity contribution in [2.24, 2.45) is 0 Å². The molecule has 0 saturated heterocycles. The molecule has 0 aliphatic heterocycles. The lowest BCUT2D eigenvalue weighted by atomic mass is 9.88. The van der Waals surface area contributed by atoms with E-state index in [1.165, 1.54) is 0 Å². The van der Waals surface area contributed by atoms with E-state index in [9.17, 15) is 5.11 Å². The van der Waals surface area contributed by atoms with Crippen LogP contribution in [0.4, 0.5) is 0 Å². The maximum Gasteiger partial charge on any atom is 0.157 e. The molecule has 1 aromatic heterocycles. The Morgan fingerprint density at radius 3 is 2.88 bits per heavy atom. The number of ether oxygens (including phenoxy) is 2. The van der Waals surface area contributed by atoms with E-state index in [0.29, 0.717) is 19.1 Å². The first-order valence-electron chi connectivity index (χ1n) is 6.12. The summed E-state index contributed by atoms with van der Waals surface area (Å²) in [6.45, 7) is 6.63. The largest absolute Gasteiger partial charge is 0.484 e. The molecular formula is C12H20N2O3. The third-order valence-electron chi connectivity index (χ3n) is 2.97. The standard InChI is InChI=1S/C12H20N2O3/c1-4-16-12-10(15)5-11(12)17-9-6-13-14(7-9)8(2)3/h6-8,10-12,15H,4-5H2,1-3H3. The molecule has 0 spiro atoms. The molecule has 0 radical (unpaired) electrons. The van der Waals surface area contributed by atoms with Crippen molar-refractivity contribution in [1.29, 1.82) is 0 Å². The number of aliphatic hydroxyl groups is 1. The van der Waals surface area contributed by atoms with E-state index in [1.807, 2.05) is 17.8 Å². The van der Waals surface area contributed by atoms with E-state index in [2.05, 4.69) is 18.9 Å². The van der Waals surface area contributed by atoms with Crippen molar-refractivity contribution in [2.75, 3.05) is 6.61 Å². The van der Waals surface area contributed by atoms with Gasteiger partial charge in [0.25, 0.3) is 0 Å². The summed E-state index contributed by atoms with van der Waals surface area (Å²) < 4.78 is 13.0. The summed E-state index contributed by atoms with van der Waals surface area (Å²) in [5.41, 5.74) is 0. The molecule has 5 nitrogen and oxygen atoms in total. The van der Waals surface area contributed by atoms with E-state index in [1.54, 1.807) is 6.20 Å². The highest BCUT2D eigenvalue weighted by Gasteiger charge is 2.42. The predicted molar refractivity (Wildman–Crippen MR) is 63.1 cm³/mol. The van der Waals surface area contributed by atoms with Crippen molar-refractivity contribution in [2.45, 2.75) is 51.5 Å². The minimum atomic E-state index is -0.403. The average Bonchev–Trinajstić information content (AvgIpc) is 2.74. The molecule has 1 fully saturated rings. The third kappa shape index (κ3) is 2.61. The highest BCUT2D eigenvalue weighted by molar-refractivity contribution is 5.14. The fourth-order valence-corrected chi connectivity index (χ4v) is 1.92. The molecule has 5 heteroatoms. The van der Waals surface area contributed by atoms with Gasteiger partial charge >= 0.3 is 0 Å². The van der Waals surface area contributed by atoms with Gasteiger partial charge < -0.3 is 14.6 Å². The fourth-order valence-electron chi connectivity index (χ4n) is 1.92. The molecule has 17 heavy (non-hydrogen) atoms. The zero-order valence-corrected chi connectivity index (χ0v) is 10.5. The molecule has 3 unspecified atom stereocenters. The molecule has 0 aromatic carbocycles. The van der Waals surface area contributed by atoms with Gasteiger partial charge in [-0.2, -0.15) is 5.10 Å². The lowest BCUT2D eigenvalue weighted by Gasteiger charge is -2.40. The Bertz CT molecular complexity index is 364. The molecule has 1 saturated carbocycles. The van der Waals surface area contributed by atoms with Crippen LogP contribution < -0.4 is 4.74 Å². The Morgan fingerprint density at radius 1 is 1.59 bits per heavy atom. The topological polar surface area (TPSA) is 56.5 Å². The van der Waals surface area contributed by atoms with Crippen molar-refractivity contribution in [3.63, 3.8) is 0 Å². The summed E-state index contributed by atoms with van der Waals surface area (Å²) >= 11 is 0. The number of rotatable bonds is 5. The van der Waals surface area contributed by atoms with Gasteiger partial charge in [0.15, 0.2) is 5.75 Å². The van der Waals surface area contributed by atoms with E-state index in [0.717, 1.165) is 5.75 Å². The SMILES string of the molecule is CCOC1C(O)CC1Oc1cnn(C(C)C)c1. The number of aliphatic hydroxyl groups excluding tert-OH is 1. The van der Waals surface area contributed by atoms with E-state index >= 15 is 0 Å². The molecule has 1 N–H and O–H groups in total. The van der Waals surface area contributed by atoms with Crippen LogP contribution in [0.25, 0.3) is 0 Å². The second-order valence-electron chi connectivity index (χ2n) is 4.63. The second kappa shape index (κ2) is 5.06. The van der Waals surface area contributed by atoms with Gasteiger partial charge in [0.2, 0.25) is 0 Å². The Hall–Kier alpha value is -1.07. The van der Waals surface area contributed by atoms with Gasteiger partial charge in [-0.3, -0.25) is 4.68 Å². The van der Waals surface area contributed by atoms with Crippen molar-refractivity contribution in [3.8, 4) is 5.75 Å². The Balaban J connectivity index is 1.92. The van der Waals surface area contributed by atoms with Gasteiger partial charge in [-0.05, 0) is 20.8 Å². The number of hydrogen-bond donors (Lipinski definition) is 1. The highest BCUT2D eigenvalue weighted by Crippen LogP contribution is 2.29. The van der Waals surface area contributed by atoms with Crippen LogP contribution in [0.15, 0.2) is 12.4 Å². The summed E-state index contributed by atoms with van der Waals surface area (Å²) in [5, 5.41) is 13.8. The van der Waals surface area contributed by atoms with Crippen molar-refractivity contribution in [3.05, 3.63) is 12.4 Å². The van der Waals surface area contributed by atoms with E-state index < -0.39 is 6.10 Å². The lowest BCUT2D eigenvalue weighted by Crippen LogP contribution is -2.55. The van der Waals surface area contributed by atoms with Gasteiger partial charge in [0, 0.05) is 19.1 Å². The molecule has 3 atom stereocenters. The minimum Gasteiger partial charge on any atom is -0.484 e. The number of hydrogen-bond acceptors (Lipinski definition) is 4. The molecule has 96 valence electrons. The van der Waals surface area contributed by atoms with Crippen molar-refractivity contribution in [1.82, 2.24) is 9.78 Å².